The first-order valence-corrected chi connectivity index (χ1v) is 7.79. The average molecular weight is 368 g/mol. The summed E-state index contributed by atoms with van der Waals surface area (Å²) >= 11 is 0. The maximum absolute atomic E-state index is 12.0. The molecule has 26 heavy (non-hydrogen) atoms. The molecule has 1 aliphatic rings. The van der Waals surface area contributed by atoms with Gasteiger partial charge in [-0.15, -0.1) is 0 Å². The number of ether oxygens (including phenoxy) is 3. The van der Waals surface area contributed by atoms with Crippen molar-refractivity contribution in [3.8, 4) is 5.75 Å². The molecule has 0 bridgehead atoms. The molecule has 142 valence electrons. The Balaban J connectivity index is 2.09. The molecule has 2 rings (SSSR count). The van der Waals surface area contributed by atoms with Gasteiger partial charge in [0.15, 0.2) is 18.5 Å². The SMILES string of the molecule is CC(=O)O[C@@H]1[C@@H](O)[C@H](CO)O[C@H](O)[C@@H]1OC(=O)C=Cc1ccc(O)cc1. The topological polar surface area (TPSA) is 143 Å². The Morgan fingerprint density at radius 1 is 1.15 bits per heavy atom. The molecular weight excluding hydrogens is 348 g/mol. The largest absolute Gasteiger partial charge is 0.508 e. The number of hydrogen-bond donors (Lipinski definition) is 4. The molecule has 1 heterocycles. The number of benzene rings is 1. The van der Waals surface area contributed by atoms with Crippen molar-refractivity contribution in [2.24, 2.45) is 0 Å². The molecule has 9 nitrogen and oxygen atoms in total. The van der Waals surface area contributed by atoms with E-state index in [1.54, 1.807) is 12.1 Å². The second-order valence-electron chi connectivity index (χ2n) is 5.64. The van der Waals surface area contributed by atoms with E-state index in [-0.39, 0.29) is 5.75 Å². The van der Waals surface area contributed by atoms with Crippen molar-refractivity contribution in [1.29, 1.82) is 0 Å². The van der Waals surface area contributed by atoms with Crippen molar-refractivity contribution in [2.45, 2.75) is 37.6 Å². The Morgan fingerprint density at radius 2 is 1.81 bits per heavy atom. The molecule has 0 spiro atoms. The molecule has 9 heteroatoms. The van der Waals surface area contributed by atoms with Crippen LogP contribution in [-0.4, -0.2) is 69.7 Å². The highest BCUT2D eigenvalue weighted by Gasteiger charge is 2.48. The molecule has 1 aromatic rings. The Labute approximate surface area is 149 Å². The Bertz CT molecular complexity index is 655. The van der Waals surface area contributed by atoms with Crippen molar-refractivity contribution < 1.29 is 44.2 Å². The van der Waals surface area contributed by atoms with E-state index in [4.69, 9.17) is 19.3 Å². The second-order valence-corrected chi connectivity index (χ2v) is 5.64. The number of carbonyl (C=O) groups excluding carboxylic acids is 2. The summed E-state index contributed by atoms with van der Waals surface area (Å²) in [5.41, 5.74) is 0.608. The summed E-state index contributed by atoms with van der Waals surface area (Å²) in [5.74, 6) is -1.57. The summed E-state index contributed by atoms with van der Waals surface area (Å²) in [6.07, 6.45) is -4.80. The number of phenolic OH excluding ortho intramolecular Hbond substituents is 1. The van der Waals surface area contributed by atoms with E-state index in [9.17, 15) is 24.9 Å². The average Bonchev–Trinajstić information content (AvgIpc) is 2.60. The van der Waals surface area contributed by atoms with Gasteiger partial charge in [0.1, 0.15) is 18.0 Å². The maximum atomic E-state index is 12.0. The van der Waals surface area contributed by atoms with E-state index >= 15 is 0 Å². The van der Waals surface area contributed by atoms with E-state index in [2.05, 4.69) is 0 Å². The molecular formula is C17H20O9. The van der Waals surface area contributed by atoms with Gasteiger partial charge in [0.2, 0.25) is 0 Å². The molecule has 0 amide bonds. The summed E-state index contributed by atoms with van der Waals surface area (Å²) in [4.78, 5) is 23.2. The third kappa shape index (κ3) is 5.02. The first-order valence-electron chi connectivity index (χ1n) is 7.79. The predicted molar refractivity (Wildman–Crippen MR) is 86.5 cm³/mol. The first kappa shape index (κ1) is 19.9. The van der Waals surface area contributed by atoms with Gasteiger partial charge < -0.3 is 34.6 Å². The van der Waals surface area contributed by atoms with Gasteiger partial charge >= 0.3 is 11.9 Å². The van der Waals surface area contributed by atoms with Crippen molar-refractivity contribution >= 4 is 18.0 Å². The van der Waals surface area contributed by atoms with Crippen molar-refractivity contribution in [1.82, 2.24) is 0 Å². The molecule has 1 fully saturated rings. The van der Waals surface area contributed by atoms with Gasteiger partial charge in [-0.25, -0.2) is 4.79 Å². The second kappa shape index (κ2) is 8.77. The Kier molecular flexibility index (Phi) is 6.70. The summed E-state index contributed by atoms with van der Waals surface area (Å²) in [7, 11) is 0. The zero-order valence-corrected chi connectivity index (χ0v) is 13.9. The van der Waals surface area contributed by atoms with Gasteiger partial charge in [0.25, 0.3) is 0 Å². The van der Waals surface area contributed by atoms with Crippen LogP contribution in [0.3, 0.4) is 0 Å². The van der Waals surface area contributed by atoms with Gasteiger partial charge in [-0.2, -0.15) is 0 Å². The van der Waals surface area contributed by atoms with Crippen LogP contribution in [0.5, 0.6) is 5.75 Å². The zero-order valence-electron chi connectivity index (χ0n) is 13.9. The minimum Gasteiger partial charge on any atom is -0.508 e. The van der Waals surface area contributed by atoms with Crippen LogP contribution >= 0.6 is 0 Å². The molecule has 4 N–H and O–H groups in total. The molecule has 1 saturated heterocycles. The third-order valence-electron chi connectivity index (χ3n) is 3.68. The lowest BCUT2D eigenvalue weighted by molar-refractivity contribution is -0.292. The van der Waals surface area contributed by atoms with Crippen LogP contribution in [0.15, 0.2) is 30.3 Å². The highest BCUT2D eigenvalue weighted by molar-refractivity contribution is 5.87. The molecule has 5 atom stereocenters. The smallest absolute Gasteiger partial charge is 0.331 e. The van der Waals surface area contributed by atoms with Crippen molar-refractivity contribution in [3.63, 3.8) is 0 Å². The fraction of sp³-hybridized carbons (Fsp3) is 0.412. The van der Waals surface area contributed by atoms with Gasteiger partial charge in [0, 0.05) is 13.0 Å². The van der Waals surface area contributed by atoms with Gasteiger partial charge in [-0.1, -0.05) is 12.1 Å². The molecule has 1 aliphatic heterocycles. The number of aromatic hydroxyl groups is 1. The molecule has 0 aliphatic carbocycles. The van der Waals surface area contributed by atoms with E-state index in [1.807, 2.05) is 0 Å². The lowest BCUT2D eigenvalue weighted by Gasteiger charge is -2.40. The van der Waals surface area contributed by atoms with E-state index in [1.165, 1.54) is 18.2 Å². The molecule has 0 saturated carbocycles. The van der Waals surface area contributed by atoms with E-state index in [0.29, 0.717) is 5.56 Å². The van der Waals surface area contributed by atoms with Crippen LogP contribution in [-0.2, 0) is 23.8 Å². The highest BCUT2D eigenvalue weighted by Crippen LogP contribution is 2.25. The van der Waals surface area contributed by atoms with E-state index < -0.39 is 49.3 Å². The Hall–Kier alpha value is -2.46. The van der Waals surface area contributed by atoms with Crippen LogP contribution in [0.2, 0.25) is 0 Å². The van der Waals surface area contributed by atoms with Crippen LogP contribution < -0.4 is 0 Å². The molecule has 0 unspecified atom stereocenters. The number of esters is 2. The highest BCUT2D eigenvalue weighted by atomic mass is 16.7. The lowest BCUT2D eigenvalue weighted by Crippen LogP contribution is -2.61. The van der Waals surface area contributed by atoms with Crippen LogP contribution in [0, 0.1) is 0 Å². The molecule has 1 aromatic carbocycles. The van der Waals surface area contributed by atoms with E-state index in [0.717, 1.165) is 13.0 Å². The third-order valence-corrected chi connectivity index (χ3v) is 3.68. The fourth-order valence-corrected chi connectivity index (χ4v) is 2.43. The number of aliphatic hydroxyl groups is 3. The maximum Gasteiger partial charge on any atom is 0.331 e. The molecule has 0 aromatic heterocycles. The lowest BCUT2D eigenvalue weighted by atomic mass is 9.99. The minimum atomic E-state index is -1.70. The van der Waals surface area contributed by atoms with Crippen molar-refractivity contribution in [2.75, 3.05) is 6.61 Å². The number of hydrogen-bond acceptors (Lipinski definition) is 9. The molecule has 0 radical (unpaired) electrons. The standard InChI is InChI=1S/C17H20O9/c1-9(19)24-15-14(22)12(8-18)25-17(23)16(15)26-13(21)7-4-10-2-5-11(20)6-3-10/h2-7,12,14-18,20,22-23H,8H2,1H3/t12-,14-,15+,16+,17-/m0/s1. The minimum absolute atomic E-state index is 0.0730. The number of aliphatic hydroxyl groups excluding tert-OH is 3. The van der Waals surface area contributed by atoms with Crippen LogP contribution in [0.1, 0.15) is 12.5 Å². The number of carbonyl (C=O) groups is 2. The summed E-state index contributed by atoms with van der Waals surface area (Å²) in [5, 5.41) is 38.4. The predicted octanol–water partition coefficient (Wildman–Crippen LogP) is -0.681. The summed E-state index contributed by atoms with van der Waals surface area (Å²) in [6, 6.07) is 6.00. The van der Waals surface area contributed by atoms with Crippen molar-refractivity contribution in [3.05, 3.63) is 35.9 Å². The van der Waals surface area contributed by atoms with Gasteiger partial charge in [0.05, 0.1) is 6.61 Å². The van der Waals surface area contributed by atoms with Crippen LogP contribution in [0.4, 0.5) is 0 Å². The zero-order chi connectivity index (χ0) is 19.3. The first-order chi connectivity index (χ1) is 12.3. The number of phenols is 1. The van der Waals surface area contributed by atoms with Gasteiger partial charge in [-0.05, 0) is 23.8 Å². The summed E-state index contributed by atoms with van der Waals surface area (Å²) < 4.78 is 15.0. The van der Waals surface area contributed by atoms with Gasteiger partial charge in [-0.3, -0.25) is 4.79 Å². The van der Waals surface area contributed by atoms with Crippen LogP contribution in [0.25, 0.3) is 6.08 Å². The normalized spacial score (nSPS) is 28.7. The summed E-state index contributed by atoms with van der Waals surface area (Å²) in [6.45, 7) is 0.462. The monoisotopic (exact) mass is 368 g/mol. The fourth-order valence-electron chi connectivity index (χ4n) is 2.43. The number of rotatable bonds is 5. The quantitative estimate of drug-likeness (QED) is 0.392. The Morgan fingerprint density at radius 3 is 2.38 bits per heavy atom.